The second-order valence-corrected chi connectivity index (χ2v) is 4.70. The van der Waals surface area contributed by atoms with E-state index in [4.69, 9.17) is 14.4 Å². The SMILES string of the molecule is CP(C)C.O.O=[P+]([O-])[O-].[Mg+2]. The Morgan fingerprint density at radius 2 is 1.20 bits per heavy atom. The van der Waals surface area contributed by atoms with Gasteiger partial charge in [0.1, 0.15) is 0 Å². The molecule has 0 aromatic carbocycles. The zero-order valence-corrected chi connectivity index (χ0v) is 9.53. The summed E-state index contributed by atoms with van der Waals surface area (Å²) in [6.45, 7) is 6.69. The van der Waals surface area contributed by atoms with Crippen molar-refractivity contribution in [2.45, 2.75) is 0 Å². The summed E-state index contributed by atoms with van der Waals surface area (Å²) in [7, 11) is -2.99. The average Bonchev–Trinajstić information content (AvgIpc) is 1.25. The Labute approximate surface area is 79.2 Å². The van der Waals surface area contributed by atoms with Gasteiger partial charge in [-0.1, -0.05) is 4.57 Å². The summed E-state index contributed by atoms with van der Waals surface area (Å²) in [5.41, 5.74) is 0. The maximum Gasteiger partial charge on any atom is 2.00 e. The van der Waals surface area contributed by atoms with Crippen molar-refractivity contribution < 1.29 is 19.8 Å². The molecular formula is C3H11MgO4P2+. The topological polar surface area (TPSA) is 94.7 Å². The van der Waals surface area contributed by atoms with Gasteiger partial charge in [-0.15, -0.1) is 7.92 Å². The van der Waals surface area contributed by atoms with Crippen LogP contribution in [0.3, 0.4) is 0 Å². The number of hydrogen-bond acceptors (Lipinski definition) is 3. The molecule has 0 aliphatic rings. The smallest absolute Gasteiger partial charge is 0.598 e. The van der Waals surface area contributed by atoms with E-state index in [0.717, 1.165) is 0 Å². The second-order valence-electron chi connectivity index (χ2n) is 1.57. The Bertz CT molecular complexity index is 62.8. The van der Waals surface area contributed by atoms with Crippen LogP contribution in [0.15, 0.2) is 0 Å². The molecule has 10 heavy (non-hydrogen) atoms. The molecule has 0 aliphatic heterocycles. The fourth-order valence-electron chi connectivity index (χ4n) is 0. The first-order valence-corrected chi connectivity index (χ1v) is 5.67. The molecule has 0 atom stereocenters. The average molecular weight is 197 g/mol. The van der Waals surface area contributed by atoms with E-state index in [1.165, 1.54) is 0 Å². The third-order valence-electron chi connectivity index (χ3n) is 0. The summed E-state index contributed by atoms with van der Waals surface area (Å²) in [4.78, 5) is 17.0. The third kappa shape index (κ3) is 443. The van der Waals surface area contributed by atoms with Gasteiger partial charge in [0, 0.05) is 0 Å². The monoisotopic (exact) mass is 197 g/mol. The molecule has 0 fully saturated rings. The molecule has 0 saturated heterocycles. The molecule has 58 valence electrons. The van der Waals surface area contributed by atoms with Crippen LogP contribution >= 0.6 is 16.2 Å². The molecule has 0 spiro atoms. The van der Waals surface area contributed by atoms with Crippen LogP contribution in [0, 0.1) is 0 Å². The van der Waals surface area contributed by atoms with E-state index >= 15 is 0 Å². The minimum Gasteiger partial charge on any atom is -0.598 e. The van der Waals surface area contributed by atoms with Crippen molar-refractivity contribution in [2.24, 2.45) is 0 Å². The second kappa shape index (κ2) is 16.6. The van der Waals surface area contributed by atoms with Crippen molar-refractivity contribution in [1.29, 1.82) is 0 Å². The van der Waals surface area contributed by atoms with E-state index in [2.05, 4.69) is 20.0 Å². The van der Waals surface area contributed by atoms with Crippen molar-refractivity contribution >= 4 is 39.2 Å². The van der Waals surface area contributed by atoms with Crippen LogP contribution in [0.1, 0.15) is 0 Å². The van der Waals surface area contributed by atoms with E-state index in [1.54, 1.807) is 0 Å². The van der Waals surface area contributed by atoms with Crippen LogP contribution in [-0.2, 0) is 4.57 Å². The summed E-state index contributed by atoms with van der Waals surface area (Å²) in [5.74, 6) is 0. The minimum atomic E-state index is -3.37. The van der Waals surface area contributed by atoms with Crippen molar-refractivity contribution in [3.05, 3.63) is 0 Å². The third-order valence-corrected chi connectivity index (χ3v) is 0. The van der Waals surface area contributed by atoms with Crippen LogP contribution in [0.25, 0.3) is 0 Å². The molecule has 0 rings (SSSR count). The van der Waals surface area contributed by atoms with Crippen molar-refractivity contribution in [2.75, 3.05) is 20.0 Å². The molecule has 0 heterocycles. The molecule has 0 unspecified atom stereocenters. The quantitative estimate of drug-likeness (QED) is 0.350. The first-order chi connectivity index (χ1) is 3.46. The van der Waals surface area contributed by atoms with Gasteiger partial charge in [-0.05, 0) is 20.0 Å². The van der Waals surface area contributed by atoms with Crippen LogP contribution in [-0.4, -0.2) is 48.5 Å². The maximum atomic E-state index is 8.48. The molecular weight excluding hydrogens is 186 g/mol. The van der Waals surface area contributed by atoms with Crippen LogP contribution in [0.5, 0.6) is 0 Å². The molecule has 0 saturated carbocycles. The van der Waals surface area contributed by atoms with E-state index in [1.807, 2.05) is 0 Å². The first kappa shape index (κ1) is 22.5. The summed E-state index contributed by atoms with van der Waals surface area (Å²) < 4.78 is 8.48. The van der Waals surface area contributed by atoms with Crippen molar-refractivity contribution in [3.63, 3.8) is 0 Å². The van der Waals surface area contributed by atoms with Gasteiger partial charge >= 0.3 is 23.1 Å². The summed E-state index contributed by atoms with van der Waals surface area (Å²) in [6.07, 6.45) is 0. The predicted molar refractivity (Wildman–Crippen MR) is 41.7 cm³/mol. The Hall–Kier alpha value is 1.18. The molecule has 0 radical (unpaired) electrons. The predicted octanol–water partition coefficient (Wildman–Crippen LogP) is -1.48. The van der Waals surface area contributed by atoms with Gasteiger partial charge in [0.2, 0.25) is 0 Å². The Morgan fingerprint density at radius 1 is 1.20 bits per heavy atom. The molecule has 0 aliphatic carbocycles. The Kier molecular flexibility index (Phi) is 37.4. The Balaban J connectivity index is -0.0000000300. The van der Waals surface area contributed by atoms with Crippen molar-refractivity contribution in [3.8, 4) is 0 Å². The van der Waals surface area contributed by atoms with Gasteiger partial charge in [-0.25, -0.2) is 0 Å². The van der Waals surface area contributed by atoms with E-state index in [-0.39, 0.29) is 28.5 Å². The molecule has 0 amide bonds. The number of rotatable bonds is 0. The van der Waals surface area contributed by atoms with Crippen LogP contribution < -0.4 is 9.79 Å². The van der Waals surface area contributed by atoms with Gasteiger partial charge < -0.3 is 15.3 Å². The van der Waals surface area contributed by atoms with Crippen LogP contribution in [0.4, 0.5) is 0 Å². The summed E-state index contributed by atoms with van der Waals surface area (Å²) in [6, 6.07) is 0. The van der Waals surface area contributed by atoms with Gasteiger partial charge in [-0.2, -0.15) is 0 Å². The van der Waals surface area contributed by atoms with E-state index < -0.39 is 8.25 Å². The van der Waals surface area contributed by atoms with Crippen LogP contribution in [0.2, 0.25) is 0 Å². The molecule has 0 aromatic rings. The Morgan fingerprint density at radius 3 is 1.20 bits per heavy atom. The summed E-state index contributed by atoms with van der Waals surface area (Å²) in [5, 5.41) is 0. The first-order valence-electron chi connectivity index (χ1n) is 1.89. The molecule has 0 aromatic heterocycles. The normalized spacial score (nSPS) is 6.20. The fourth-order valence-corrected chi connectivity index (χ4v) is 0. The van der Waals surface area contributed by atoms with E-state index in [9.17, 15) is 0 Å². The van der Waals surface area contributed by atoms with Gasteiger partial charge in [-0.3, -0.25) is 0 Å². The summed E-state index contributed by atoms with van der Waals surface area (Å²) >= 11 is 0. The fraction of sp³-hybridized carbons (Fsp3) is 1.00. The molecule has 0 bridgehead atoms. The maximum absolute atomic E-state index is 8.48. The minimum absolute atomic E-state index is 0. The van der Waals surface area contributed by atoms with Gasteiger partial charge in [0.15, 0.2) is 0 Å². The van der Waals surface area contributed by atoms with Gasteiger partial charge in [0.25, 0.3) is 8.25 Å². The zero-order chi connectivity index (χ0) is 7.15. The van der Waals surface area contributed by atoms with Gasteiger partial charge in [0.05, 0.1) is 0 Å². The molecule has 4 nitrogen and oxygen atoms in total. The standard InChI is InChI=1S/C3H9P.Mg.HO3P.H2O/c1-4(2)3;;1-4(2)3;/h1-3H3;;(H,1,2,3);1H2/q;+2;;/p-1. The zero-order valence-electron chi connectivity index (χ0n) is 6.33. The van der Waals surface area contributed by atoms with E-state index in [0.29, 0.717) is 7.92 Å². The molecule has 2 N–H and O–H groups in total. The van der Waals surface area contributed by atoms with Crippen molar-refractivity contribution in [1.82, 2.24) is 0 Å². The largest absolute Gasteiger partial charge is 2.00 e. The molecule has 7 heteroatoms. The number of hydrogen-bond donors (Lipinski definition) is 0.